The highest BCUT2D eigenvalue weighted by atomic mass is 16.3. The van der Waals surface area contributed by atoms with E-state index in [1.165, 1.54) is 6.42 Å². The summed E-state index contributed by atoms with van der Waals surface area (Å²) in [5, 5.41) is 9.66. The minimum atomic E-state index is -0.127. The molecule has 0 aromatic carbocycles. The number of hydrogen-bond donors (Lipinski definition) is 1. The van der Waals surface area contributed by atoms with Crippen molar-refractivity contribution in [2.24, 2.45) is 0 Å². The maximum absolute atomic E-state index is 9.66. The maximum Gasteiger partial charge on any atom is 0.0837 e. The van der Waals surface area contributed by atoms with Crippen molar-refractivity contribution in [3.8, 4) is 0 Å². The molecule has 0 saturated carbocycles. The van der Waals surface area contributed by atoms with Crippen molar-refractivity contribution in [2.75, 3.05) is 27.2 Å². The van der Waals surface area contributed by atoms with Gasteiger partial charge >= 0.3 is 0 Å². The van der Waals surface area contributed by atoms with Crippen LogP contribution >= 0.6 is 0 Å². The Labute approximate surface area is 67.6 Å². The van der Waals surface area contributed by atoms with Crippen LogP contribution in [0.15, 0.2) is 0 Å². The number of aliphatic hydroxyl groups excluding tert-OH is 1. The van der Waals surface area contributed by atoms with Crippen LogP contribution in [0.25, 0.3) is 0 Å². The molecule has 2 fully saturated rings. The largest absolute Gasteiger partial charge is 0.390 e. The van der Waals surface area contributed by atoms with Crippen LogP contribution in [0.1, 0.15) is 6.42 Å². The number of aliphatic hydroxyl groups is 1. The fraction of sp³-hybridized carbons (Fsp3) is 1.00. The van der Waals surface area contributed by atoms with Crippen molar-refractivity contribution >= 4 is 0 Å². The Hall–Kier alpha value is -0.120. The number of β-amino-alcohol motifs (C(OH)–C–C–N with tert-alkyl or cyclic N) is 1. The van der Waals surface area contributed by atoms with E-state index < -0.39 is 0 Å². The molecule has 0 radical (unpaired) electrons. The second kappa shape index (κ2) is 2.44. The SMILES string of the molecule is CN1CC(O)C2C1CCN2C. The second-order valence-electron chi connectivity index (χ2n) is 3.83. The van der Waals surface area contributed by atoms with Crippen LogP contribution in [0.4, 0.5) is 0 Å². The van der Waals surface area contributed by atoms with Gasteiger partial charge in [-0.05, 0) is 27.1 Å². The minimum Gasteiger partial charge on any atom is -0.390 e. The van der Waals surface area contributed by atoms with Crippen molar-refractivity contribution in [3.05, 3.63) is 0 Å². The highest BCUT2D eigenvalue weighted by molar-refractivity contribution is 5.01. The number of hydrogen-bond acceptors (Lipinski definition) is 3. The van der Waals surface area contributed by atoms with Gasteiger partial charge in [-0.3, -0.25) is 9.80 Å². The quantitative estimate of drug-likeness (QED) is 0.505. The molecule has 2 heterocycles. The average Bonchev–Trinajstić information content (AvgIpc) is 2.41. The van der Waals surface area contributed by atoms with Crippen LogP contribution in [0, 0.1) is 0 Å². The lowest BCUT2D eigenvalue weighted by molar-refractivity contribution is 0.112. The zero-order valence-electron chi connectivity index (χ0n) is 7.20. The Kier molecular flexibility index (Phi) is 1.67. The molecule has 2 aliphatic heterocycles. The molecule has 64 valence electrons. The molecule has 0 bridgehead atoms. The Morgan fingerprint density at radius 1 is 1.27 bits per heavy atom. The molecule has 2 saturated heterocycles. The van der Waals surface area contributed by atoms with Gasteiger partial charge in [-0.1, -0.05) is 0 Å². The minimum absolute atomic E-state index is 0.127. The fourth-order valence-corrected chi connectivity index (χ4v) is 2.52. The third kappa shape index (κ3) is 0.991. The standard InChI is InChI=1S/C8H16N2O/c1-9-4-3-6-8(9)7(11)5-10(6)2/h6-8,11H,3-5H2,1-2H3. The van der Waals surface area contributed by atoms with Crippen molar-refractivity contribution in [1.29, 1.82) is 0 Å². The smallest absolute Gasteiger partial charge is 0.0837 e. The Bertz CT molecular complexity index is 162. The van der Waals surface area contributed by atoms with Gasteiger partial charge < -0.3 is 5.11 Å². The number of nitrogens with zero attached hydrogens (tertiary/aromatic N) is 2. The Morgan fingerprint density at radius 3 is 2.64 bits per heavy atom. The molecular weight excluding hydrogens is 140 g/mol. The lowest BCUT2D eigenvalue weighted by Gasteiger charge is -2.21. The zero-order valence-corrected chi connectivity index (χ0v) is 7.20. The summed E-state index contributed by atoms with van der Waals surface area (Å²) in [6, 6.07) is 1.01. The summed E-state index contributed by atoms with van der Waals surface area (Å²) in [6.07, 6.45) is 1.09. The Morgan fingerprint density at radius 2 is 2.00 bits per heavy atom. The van der Waals surface area contributed by atoms with E-state index in [4.69, 9.17) is 0 Å². The summed E-state index contributed by atoms with van der Waals surface area (Å²) in [6.45, 7) is 1.98. The summed E-state index contributed by atoms with van der Waals surface area (Å²) in [5.74, 6) is 0. The molecule has 1 N–H and O–H groups in total. The van der Waals surface area contributed by atoms with E-state index in [0.29, 0.717) is 12.1 Å². The first-order chi connectivity index (χ1) is 5.20. The van der Waals surface area contributed by atoms with Gasteiger partial charge in [-0.25, -0.2) is 0 Å². The summed E-state index contributed by atoms with van der Waals surface area (Å²) in [4.78, 5) is 4.55. The highest BCUT2D eigenvalue weighted by Gasteiger charge is 2.44. The third-order valence-corrected chi connectivity index (χ3v) is 3.12. The van der Waals surface area contributed by atoms with E-state index in [9.17, 15) is 5.11 Å². The average molecular weight is 156 g/mol. The lowest BCUT2D eigenvalue weighted by atomic mass is 10.1. The molecule has 0 aromatic rings. The fourth-order valence-electron chi connectivity index (χ4n) is 2.52. The summed E-state index contributed by atoms with van der Waals surface area (Å²) < 4.78 is 0. The molecule has 0 amide bonds. The van der Waals surface area contributed by atoms with E-state index in [1.807, 2.05) is 0 Å². The second-order valence-corrected chi connectivity index (χ2v) is 3.83. The first-order valence-electron chi connectivity index (χ1n) is 4.28. The van der Waals surface area contributed by atoms with Gasteiger partial charge in [0.05, 0.1) is 12.1 Å². The normalized spacial score (nSPS) is 46.6. The van der Waals surface area contributed by atoms with Crippen LogP contribution in [0.5, 0.6) is 0 Å². The molecule has 0 aromatic heterocycles. The summed E-state index contributed by atoms with van der Waals surface area (Å²) >= 11 is 0. The van der Waals surface area contributed by atoms with Gasteiger partial charge in [0.25, 0.3) is 0 Å². The topological polar surface area (TPSA) is 26.7 Å². The first kappa shape index (κ1) is 7.53. The molecule has 3 unspecified atom stereocenters. The van der Waals surface area contributed by atoms with Gasteiger partial charge in [0.1, 0.15) is 0 Å². The molecule has 11 heavy (non-hydrogen) atoms. The molecule has 3 atom stereocenters. The molecule has 2 rings (SSSR count). The highest BCUT2D eigenvalue weighted by Crippen LogP contribution is 2.28. The van der Waals surface area contributed by atoms with Crippen molar-refractivity contribution in [3.63, 3.8) is 0 Å². The van der Waals surface area contributed by atoms with Gasteiger partial charge in [-0.15, -0.1) is 0 Å². The van der Waals surface area contributed by atoms with Crippen molar-refractivity contribution < 1.29 is 5.11 Å². The molecule has 0 aliphatic carbocycles. The first-order valence-corrected chi connectivity index (χ1v) is 4.28. The summed E-state index contributed by atoms with van der Waals surface area (Å²) in [5.41, 5.74) is 0. The molecular formula is C8H16N2O. The monoisotopic (exact) mass is 156 g/mol. The van der Waals surface area contributed by atoms with E-state index >= 15 is 0 Å². The molecule has 3 nitrogen and oxygen atoms in total. The van der Waals surface area contributed by atoms with Crippen molar-refractivity contribution in [2.45, 2.75) is 24.6 Å². The van der Waals surface area contributed by atoms with E-state index in [0.717, 1.165) is 13.1 Å². The van der Waals surface area contributed by atoms with E-state index in [1.54, 1.807) is 0 Å². The van der Waals surface area contributed by atoms with Gasteiger partial charge in [0, 0.05) is 12.6 Å². The van der Waals surface area contributed by atoms with Gasteiger partial charge in [0.15, 0.2) is 0 Å². The van der Waals surface area contributed by atoms with Crippen LogP contribution in [-0.2, 0) is 0 Å². The Balaban J connectivity index is 2.15. The number of likely N-dealkylation sites (tertiary alicyclic amines) is 2. The molecule has 3 heteroatoms. The number of likely N-dealkylation sites (N-methyl/N-ethyl adjacent to an activating group) is 2. The number of fused-ring (bicyclic) bond motifs is 1. The predicted octanol–water partition coefficient (Wildman–Crippen LogP) is -0.635. The zero-order chi connectivity index (χ0) is 8.01. The van der Waals surface area contributed by atoms with Crippen LogP contribution in [0.3, 0.4) is 0 Å². The molecule has 2 aliphatic rings. The number of rotatable bonds is 0. The summed E-state index contributed by atoms with van der Waals surface area (Å²) in [7, 11) is 4.21. The molecule has 0 spiro atoms. The predicted molar refractivity (Wildman–Crippen MR) is 43.5 cm³/mol. The van der Waals surface area contributed by atoms with Crippen LogP contribution < -0.4 is 0 Å². The maximum atomic E-state index is 9.66. The van der Waals surface area contributed by atoms with Crippen LogP contribution in [-0.4, -0.2) is 60.3 Å². The lowest BCUT2D eigenvalue weighted by Crippen LogP contribution is -2.38. The van der Waals surface area contributed by atoms with Crippen molar-refractivity contribution in [1.82, 2.24) is 9.80 Å². The van der Waals surface area contributed by atoms with Gasteiger partial charge in [0.2, 0.25) is 0 Å². The van der Waals surface area contributed by atoms with E-state index in [2.05, 4.69) is 23.9 Å². The van der Waals surface area contributed by atoms with Crippen LogP contribution in [0.2, 0.25) is 0 Å². The van der Waals surface area contributed by atoms with Gasteiger partial charge in [-0.2, -0.15) is 0 Å². The third-order valence-electron chi connectivity index (χ3n) is 3.12. The van der Waals surface area contributed by atoms with E-state index in [-0.39, 0.29) is 6.10 Å².